The van der Waals surface area contributed by atoms with Crippen molar-refractivity contribution in [1.82, 2.24) is 4.90 Å². The summed E-state index contributed by atoms with van der Waals surface area (Å²) in [5, 5.41) is 0. The van der Waals surface area contributed by atoms with Gasteiger partial charge in [0, 0.05) is 20.2 Å². The summed E-state index contributed by atoms with van der Waals surface area (Å²) >= 11 is 0. The first-order valence-electron chi connectivity index (χ1n) is 4.42. The minimum absolute atomic E-state index is 0.0603. The molecule has 1 heterocycles. The summed E-state index contributed by atoms with van der Waals surface area (Å²) in [7, 11) is 1.73. The van der Waals surface area contributed by atoms with Crippen molar-refractivity contribution in [2.45, 2.75) is 32.4 Å². The lowest BCUT2D eigenvalue weighted by Gasteiger charge is -2.21. The van der Waals surface area contributed by atoms with Crippen LogP contribution in [0.25, 0.3) is 0 Å². The molecule has 1 aliphatic rings. The third kappa shape index (κ3) is 2.05. The van der Waals surface area contributed by atoms with Crippen molar-refractivity contribution in [2.24, 2.45) is 0 Å². The molecular weight excluding hydrogens is 154 g/mol. The normalized spacial score (nSPS) is 27.4. The second-order valence-electron chi connectivity index (χ2n) is 3.43. The number of rotatable bonds is 3. The molecule has 0 saturated carbocycles. The van der Waals surface area contributed by atoms with E-state index in [2.05, 4.69) is 4.90 Å². The first kappa shape index (κ1) is 9.68. The maximum atomic E-state index is 11.0. The SMILES string of the molecule is COC1CCN(C(C)C(C)=O)C1. The Morgan fingerprint density at radius 2 is 2.33 bits per heavy atom. The summed E-state index contributed by atoms with van der Waals surface area (Å²) in [4.78, 5) is 13.2. The molecule has 3 nitrogen and oxygen atoms in total. The van der Waals surface area contributed by atoms with Crippen LogP contribution in [0.2, 0.25) is 0 Å². The van der Waals surface area contributed by atoms with Crippen molar-refractivity contribution in [1.29, 1.82) is 0 Å². The second kappa shape index (κ2) is 4.01. The molecular formula is C9H17NO2. The highest BCUT2D eigenvalue weighted by Gasteiger charge is 2.27. The summed E-state index contributed by atoms with van der Waals surface area (Å²) in [6.07, 6.45) is 1.38. The van der Waals surface area contributed by atoms with E-state index in [0.717, 1.165) is 19.5 Å². The van der Waals surface area contributed by atoms with Crippen LogP contribution in [-0.4, -0.2) is 43.0 Å². The molecule has 0 N–H and O–H groups in total. The van der Waals surface area contributed by atoms with Crippen LogP contribution in [0, 0.1) is 0 Å². The van der Waals surface area contributed by atoms with Gasteiger partial charge in [-0.05, 0) is 20.3 Å². The average Bonchev–Trinajstić information content (AvgIpc) is 2.50. The van der Waals surface area contributed by atoms with E-state index in [1.807, 2.05) is 6.92 Å². The minimum atomic E-state index is 0.0603. The molecule has 0 aromatic heterocycles. The van der Waals surface area contributed by atoms with Crippen molar-refractivity contribution in [2.75, 3.05) is 20.2 Å². The monoisotopic (exact) mass is 171 g/mol. The molecule has 1 aliphatic heterocycles. The maximum Gasteiger partial charge on any atom is 0.146 e. The lowest BCUT2D eigenvalue weighted by atomic mass is 10.2. The fraction of sp³-hybridized carbons (Fsp3) is 0.889. The quantitative estimate of drug-likeness (QED) is 0.625. The molecule has 3 heteroatoms. The number of carbonyl (C=O) groups is 1. The van der Waals surface area contributed by atoms with Crippen molar-refractivity contribution >= 4 is 5.78 Å². The predicted molar refractivity (Wildman–Crippen MR) is 47.1 cm³/mol. The molecule has 0 spiro atoms. The van der Waals surface area contributed by atoms with Crippen LogP contribution in [0.5, 0.6) is 0 Å². The molecule has 0 aliphatic carbocycles. The van der Waals surface area contributed by atoms with Gasteiger partial charge in [0.2, 0.25) is 0 Å². The molecule has 2 atom stereocenters. The zero-order valence-electron chi connectivity index (χ0n) is 8.04. The molecule has 1 saturated heterocycles. The standard InChI is InChI=1S/C9H17NO2/c1-7(8(2)11)10-5-4-9(6-10)12-3/h7,9H,4-6H2,1-3H3. The van der Waals surface area contributed by atoms with Gasteiger partial charge in [-0.2, -0.15) is 0 Å². The van der Waals surface area contributed by atoms with Gasteiger partial charge in [0.1, 0.15) is 5.78 Å². The Kier molecular flexibility index (Phi) is 3.23. The number of ether oxygens (including phenoxy) is 1. The molecule has 0 aromatic carbocycles. The van der Waals surface area contributed by atoms with Crippen molar-refractivity contribution in [3.05, 3.63) is 0 Å². The number of hydrogen-bond acceptors (Lipinski definition) is 3. The topological polar surface area (TPSA) is 29.5 Å². The van der Waals surface area contributed by atoms with Gasteiger partial charge in [0.25, 0.3) is 0 Å². The van der Waals surface area contributed by atoms with Crippen LogP contribution < -0.4 is 0 Å². The Labute approximate surface area is 73.7 Å². The molecule has 1 rings (SSSR count). The molecule has 12 heavy (non-hydrogen) atoms. The zero-order chi connectivity index (χ0) is 9.14. The first-order chi connectivity index (χ1) is 5.65. The molecule has 0 amide bonds. The van der Waals surface area contributed by atoms with Gasteiger partial charge in [-0.15, -0.1) is 0 Å². The average molecular weight is 171 g/mol. The Morgan fingerprint density at radius 3 is 2.75 bits per heavy atom. The Morgan fingerprint density at radius 1 is 1.67 bits per heavy atom. The van der Waals surface area contributed by atoms with Gasteiger partial charge in [0.15, 0.2) is 0 Å². The number of likely N-dealkylation sites (tertiary alicyclic amines) is 1. The second-order valence-corrected chi connectivity index (χ2v) is 3.43. The lowest BCUT2D eigenvalue weighted by Crippen LogP contribution is -2.36. The summed E-state index contributed by atoms with van der Waals surface area (Å²) < 4.78 is 5.22. The van der Waals surface area contributed by atoms with Gasteiger partial charge in [-0.1, -0.05) is 0 Å². The highest BCUT2D eigenvalue weighted by molar-refractivity contribution is 5.80. The fourth-order valence-electron chi connectivity index (χ4n) is 1.56. The van der Waals surface area contributed by atoms with E-state index >= 15 is 0 Å². The van der Waals surface area contributed by atoms with Crippen molar-refractivity contribution in [3.8, 4) is 0 Å². The molecule has 70 valence electrons. The number of Topliss-reactive ketones (excluding diaryl/α,β-unsaturated/α-hetero) is 1. The summed E-state index contributed by atoms with van der Waals surface area (Å²) in [6, 6.07) is 0.0603. The molecule has 2 unspecified atom stereocenters. The van der Waals surface area contributed by atoms with Crippen LogP contribution in [0.4, 0.5) is 0 Å². The third-order valence-corrected chi connectivity index (χ3v) is 2.65. The van der Waals surface area contributed by atoms with Gasteiger partial charge in [-0.25, -0.2) is 0 Å². The van der Waals surface area contributed by atoms with Crippen LogP contribution in [0.3, 0.4) is 0 Å². The fourth-order valence-corrected chi connectivity index (χ4v) is 1.56. The van der Waals surface area contributed by atoms with Gasteiger partial charge >= 0.3 is 0 Å². The van der Waals surface area contributed by atoms with E-state index in [4.69, 9.17) is 4.74 Å². The summed E-state index contributed by atoms with van der Waals surface area (Å²) in [5.41, 5.74) is 0. The van der Waals surface area contributed by atoms with E-state index in [1.54, 1.807) is 14.0 Å². The highest BCUT2D eigenvalue weighted by Crippen LogP contribution is 2.14. The van der Waals surface area contributed by atoms with E-state index in [9.17, 15) is 4.79 Å². The summed E-state index contributed by atoms with van der Waals surface area (Å²) in [5.74, 6) is 0.242. The van der Waals surface area contributed by atoms with Gasteiger partial charge in [0.05, 0.1) is 12.1 Å². The zero-order valence-corrected chi connectivity index (χ0v) is 8.04. The maximum absolute atomic E-state index is 11.0. The van der Waals surface area contributed by atoms with E-state index in [1.165, 1.54) is 0 Å². The van der Waals surface area contributed by atoms with Crippen LogP contribution in [-0.2, 0) is 9.53 Å². The van der Waals surface area contributed by atoms with Crippen LogP contribution in [0.1, 0.15) is 20.3 Å². The number of carbonyl (C=O) groups excluding carboxylic acids is 1. The molecule has 0 bridgehead atoms. The Hall–Kier alpha value is -0.410. The number of methoxy groups -OCH3 is 1. The molecule has 0 radical (unpaired) electrons. The van der Waals surface area contributed by atoms with Crippen LogP contribution >= 0.6 is 0 Å². The third-order valence-electron chi connectivity index (χ3n) is 2.65. The molecule has 1 fully saturated rings. The highest BCUT2D eigenvalue weighted by atomic mass is 16.5. The number of ketones is 1. The van der Waals surface area contributed by atoms with E-state index < -0.39 is 0 Å². The molecule has 0 aromatic rings. The van der Waals surface area contributed by atoms with Crippen molar-refractivity contribution in [3.63, 3.8) is 0 Å². The lowest BCUT2D eigenvalue weighted by molar-refractivity contribution is -0.121. The smallest absolute Gasteiger partial charge is 0.146 e. The number of hydrogen-bond donors (Lipinski definition) is 0. The van der Waals surface area contributed by atoms with Gasteiger partial charge in [-0.3, -0.25) is 9.69 Å². The van der Waals surface area contributed by atoms with Crippen LogP contribution in [0.15, 0.2) is 0 Å². The summed E-state index contributed by atoms with van der Waals surface area (Å²) in [6.45, 7) is 5.49. The largest absolute Gasteiger partial charge is 0.380 e. The number of nitrogens with zero attached hydrogens (tertiary/aromatic N) is 1. The van der Waals surface area contributed by atoms with E-state index in [-0.39, 0.29) is 11.8 Å². The first-order valence-corrected chi connectivity index (χ1v) is 4.42. The van der Waals surface area contributed by atoms with Gasteiger partial charge < -0.3 is 4.74 Å². The van der Waals surface area contributed by atoms with Crippen molar-refractivity contribution < 1.29 is 9.53 Å². The predicted octanol–water partition coefficient (Wildman–Crippen LogP) is 0.685. The Bertz CT molecular complexity index is 170. The Balaban J connectivity index is 2.41. The van der Waals surface area contributed by atoms with E-state index in [0.29, 0.717) is 6.10 Å². The minimum Gasteiger partial charge on any atom is -0.380 e.